The van der Waals surface area contributed by atoms with Crippen LogP contribution in [0.1, 0.15) is 45.6 Å². The Bertz CT molecular complexity index is 1830. The lowest BCUT2D eigenvalue weighted by Gasteiger charge is -2.14. The van der Waals surface area contributed by atoms with Gasteiger partial charge in [-0.05, 0) is 39.9 Å². The topological polar surface area (TPSA) is 161 Å². The van der Waals surface area contributed by atoms with Gasteiger partial charge in [-0.3, -0.25) is 9.36 Å². The molecule has 2 aromatic heterocycles. The third kappa shape index (κ3) is 5.50. The van der Waals surface area contributed by atoms with Crippen molar-refractivity contribution in [2.75, 3.05) is 18.5 Å². The summed E-state index contributed by atoms with van der Waals surface area (Å²) in [6.45, 7) is 0.161. The van der Waals surface area contributed by atoms with Crippen molar-refractivity contribution < 1.29 is 29.3 Å². The number of anilines is 1. The number of imidazole rings is 1. The summed E-state index contributed by atoms with van der Waals surface area (Å²) in [5.41, 5.74) is 6.60. The minimum Gasteiger partial charge on any atom is -0.449 e. The van der Waals surface area contributed by atoms with E-state index >= 15 is 0 Å². The molecule has 1 aliphatic heterocycles. The summed E-state index contributed by atoms with van der Waals surface area (Å²) in [6, 6.07) is 23.2. The van der Waals surface area contributed by atoms with Crippen LogP contribution in [0, 0.1) is 0 Å². The second-order valence-corrected chi connectivity index (χ2v) is 11.0. The molecule has 0 bridgehead atoms. The molecule has 2 aliphatic rings. The van der Waals surface area contributed by atoms with Crippen molar-refractivity contribution in [3.63, 3.8) is 0 Å². The van der Waals surface area contributed by atoms with Crippen LogP contribution in [-0.2, 0) is 16.0 Å². The number of amides is 2. The molecule has 2 amide bonds. The average Bonchev–Trinajstić information content (AvgIpc) is 3.76. The van der Waals surface area contributed by atoms with Crippen LogP contribution in [0.15, 0.2) is 85.5 Å². The fourth-order valence-electron chi connectivity index (χ4n) is 5.98. The second-order valence-electron chi connectivity index (χ2n) is 11.0. The molecule has 3 aromatic carbocycles. The molecule has 1 fully saturated rings. The van der Waals surface area contributed by atoms with Crippen LogP contribution in [0.5, 0.6) is 0 Å². The van der Waals surface area contributed by atoms with Gasteiger partial charge in [0.25, 0.3) is 5.91 Å². The third-order valence-electron chi connectivity index (χ3n) is 8.28. The van der Waals surface area contributed by atoms with Gasteiger partial charge in [-0.2, -0.15) is 0 Å². The first-order chi connectivity index (χ1) is 22.0. The number of carbonyl (C=O) groups excluding carboxylic acids is 2. The van der Waals surface area contributed by atoms with Crippen LogP contribution in [-0.4, -0.2) is 67.2 Å². The van der Waals surface area contributed by atoms with Crippen molar-refractivity contribution in [1.29, 1.82) is 0 Å². The molecule has 12 heteroatoms. The molecular weight excluding hydrogens is 576 g/mol. The van der Waals surface area contributed by atoms with E-state index in [1.54, 1.807) is 28.8 Å². The lowest BCUT2D eigenvalue weighted by molar-refractivity contribution is -0.0432. The van der Waals surface area contributed by atoms with Gasteiger partial charge in [0, 0.05) is 24.4 Å². The number of ether oxygens (including phenoxy) is 2. The fourth-order valence-corrected chi connectivity index (χ4v) is 5.98. The zero-order valence-corrected chi connectivity index (χ0v) is 24.0. The molecule has 3 heterocycles. The highest BCUT2D eigenvalue weighted by molar-refractivity contribution is 6.06. The van der Waals surface area contributed by atoms with Gasteiger partial charge in [0.1, 0.15) is 25.3 Å². The molecule has 0 spiro atoms. The summed E-state index contributed by atoms with van der Waals surface area (Å²) >= 11 is 0. The average molecular weight is 607 g/mol. The molecule has 228 valence electrons. The molecular formula is C33H30N6O6. The van der Waals surface area contributed by atoms with Crippen LogP contribution in [0.4, 0.5) is 10.6 Å². The summed E-state index contributed by atoms with van der Waals surface area (Å²) in [4.78, 5) is 38.4. The lowest BCUT2D eigenvalue weighted by atomic mass is 9.98. The van der Waals surface area contributed by atoms with Crippen molar-refractivity contribution >= 4 is 29.0 Å². The van der Waals surface area contributed by atoms with Crippen molar-refractivity contribution in [3.8, 4) is 11.1 Å². The van der Waals surface area contributed by atoms with E-state index in [2.05, 4.69) is 49.9 Å². The Labute approximate surface area is 257 Å². The van der Waals surface area contributed by atoms with E-state index in [0.717, 1.165) is 16.7 Å². The van der Waals surface area contributed by atoms with Crippen LogP contribution in [0.3, 0.4) is 0 Å². The number of rotatable bonds is 8. The Morgan fingerprint density at radius 1 is 0.956 bits per heavy atom. The maximum absolute atomic E-state index is 13.0. The van der Waals surface area contributed by atoms with Crippen LogP contribution in [0.25, 0.3) is 22.3 Å². The molecule has 45 heavy (non-hydrogen) atoms. The van der Waals surface area contributed by atoms with E-state index in [1.807, 2.05) is 24.3 Å². The third-order valence-corrected chi connectivity index (χ3v) is 8.28. The van der Waals surface area contributed by atoms with Crippen molar-refractivity contribution in [1.82, 2.24) is 24.8 Å². The van der Waals surface area contributed by atoms with Crippen molar-refractivity contribution in [2.45, 2.75) is 37.3 Å². The smallest absolute Gasteiger partial charge is 0.407 e. The van der Waals surface area contributed by atoms with E-state index in [4.69, 9.17) is 9.47 Å². The number of alkyl carbamates (subject to hydrolysis) is 1. The molecule has 3 atom stereocenters. The van der Waals surface area contributed by atoms with E-state index in [0.29, 0.717) is 16.7 Å². The van der Waals surface area contributed by atoms with E-state index < -0.39 is 30.4 Å². The van der Waals surface area contributed by atoms with Crippen LogP contribution >= 0.6 is 0 Å². The van der Waals surface area contributed by atoms with Crippen molar-refractivity contribution in [2.24, 2.45) is 0 Å². The quantitative estimate of drug-likeness (QED) is 0.206. The normalized spacial score (nSPS) is 18.8. The largest absolute Gasteiger partial charge is 0.449 e. The fraction of sp³-hybridized carbons (Fsp3) is 0.242. The first kappa shape index (κ1) is 28.6. The number of fused-ring (bicyclic) bond motifs is 4. The zero-order valence-electron chi connectivity index (χ0n) is 24.0. The highest BCUT2D eigenvalue weighted by Gasteiger charge is 2.35. The number of aliphatic hydroxyl groups is 2. The molecule has 0 radical (unpaired) electrons. The Kier molecular flexibility index (Phi) is 7.67. The summed E-state index contributed by atoms with van der Waals surface area (Å²) in [5.74, 6) is -0.191. The summed E-state index contributed by atoms with van der Waals surface area (Å²) < 4.78 is 13.0. The van der Waals surface area contributed by atoms with E-state index in [-0.39, 0.29) is 37.9 Å². The van der Waals surface area contributed by atoms with Gasteiger partial charge < -0.3 is 30.3 Å². The Balaban J connectivity index is 0.946. The number of nitrogens with one attached hydrogen (secondary N) is 2. The first-order valence-electron chi connectivity index (χ1n) is 14.6. The second kappa shape index (κ2) is 12.1. The summed E-state index contributed by atoms with van der Waals surface area (Å²) in [6.07, 6.45) is 0.505. The number of hydrogen-bond acceptors (Lipinski definition) is 9. The Morgan fingerprint density at radius 2 is 1.67 bits per heavy atom. The maximum atomic E-state index is 13.0. The predicted molar refractivity (Wildman–Crippen MR) is 163 cm³/mol. The molecule has 1 aliphatic carbocycles. The Hall–Kier alpha value is -5.17. The summed E-state index contributed by atoms with van der Waals surface area (Å²) in [5, 5.41) is 25.1. The lowest BCUT2D eigenvalue weighted by Crippen LogP contribution is -2.25. The van der Waals surface area contributed by atoms with E-state index in [9.17, 15) is 19.8 Å². The van der Waals surface area contributed by atoms with Gasteiger partial charge in [0.15, 0.2) is 17.0 Å². The standard InChI is InChI=1S/C33H30N6O6/c40-15-27-26(41)13-28(45-27)39-18-37-29-30(35-17-36-31(29)39)38-32(42)20-11-9-19(10-12-20)14-34-33(43)44-16-25-23-7-3-1-5-21(23)22-6-2-4-8-24(22)25/h1-12,17-18,25-28,40-41H,13-16H2,(H,34,43)(H,35,36,38,42)/t26-,27?,28-/m1/s1. The van der Waals surface area contributed by atoms with E-state index in [1.165, 1.54) is 23.8 Å². The summed E-state index contributed by atoms with van der Waals surface area (Å²) in [7, 11) is 0. The first-order valence-corrected chi connectivity index (χ1v) is 14.6. The van der Waals surface area contributed by atoms with Crippen LogP contribution in [0.2, 0.25) is 0 Å². The number of aromatic nitrogens is 4. The zero-order chi connectivity index (χ0) is 30.9. The molecule has 1 unspecified atom stereocenters. The van der Waals surface area contributed by atoms with Crippen LogP contribution < -0.4 is 10.6 Å². The monoisotopic (exact) mass is 606 g/mol. The molecule has 1 saturated heterocycles. The van der Waals surface area contributed by atoms with Gasteiger partial charge in [-0.25, -0.2) is 19.7 Å². The molecule has 5 aromatic rings. The number of hydrogen-bond donors (Lipinski definition) is 4. The minimum atomic E-state index is -0.810. The van der Waals surface area contributed by atoms with Gasteiger partial charge in [0.2, 0.25) is 0 Å². The van der Waals surface area contributed by atoms with Gasteiger partial charge >= 0.3 is 6.09 Å². The van der Waals surface area contributed by atoms with Crippen molar-refractivity contribution in [3.05, 3.63) is 108 Å². The number of nitrogens with zero attached hydrogens (tertiary/aromatic N) is 4. The molecule has 0 saturated carbocycles. The molecule has 12 nitrogen and oxygen atoms in total. The number of benzene rings is 3. The maximum Gasteiger partial charge on any atom is 0.407 e. The Morgan fingerprint density at radius 3 is 2.36 bits per heavy atom. The highest BCUT2D eigenvalue weighted by Crippen LogP contribution is 2.44. The van der Waals surface area contributed by atoms with Gasteiger partial charge in [-0.15, -0.1) is 0 Å². The minimum absolute atomic E-state index is 0.0200. The number of carbonyl (C=O) groups is 2. The highest BCUT2D eigenvalue weighted by atomic mass is 16.6. The van der Waals surface area contributed by atoms with Gasteiger partial charge in [-0.1, -0.05) is 60.7 Å². The number of aliphatic hydroxyl groups excluding tert-OH is 2. The van der Waals surface area contributed by atoms with Gasteiger partial charge in [0.05, 0.1) is 19.0 Å². The predicted octanol–water partition coefficient (Wildman–Crippen LogP) is 3.76. The SMILES string of the molecule is O=C(NCc1ccc(C(=O)Nc2ncnc3c2ncn3[C@H]2C[C@@H](O)C(CO)O2)cc1)OCC1c2ccccc2-c2ccccc21. The molecule has 7 rings (SSSR count). The molecule has 4 N–H and O–H groups in total.